The molecule has 0 saturated carbocycles. The standard InChI is InChI=1S/C19H22N2O4S/c1-4-21-10-9-14-15(11-21)26-18(16(14)19(23)25-3)20-17(22)12-5-7-13(24-2)8-6-12/h5-8H,4,9-11H2,1-3H3,(H,20,22)/p+1. The molecule has 1 aliphatic rings. The van der Waals surface area contributed by atoms with Crippen molar-refractivity contribution in [3.63, 3.8) is 0 Å². The number of anilines is 1. The molecule has 2 N–H and O–H groups in total. The van der Waals surface area contributed by atoms with Crippen LogP contribution >= 0.6 is 11.3 Å². The Morgan fingerprint density at radius 3 is 2.58 bits per heavy atom. The molecule has 3 rings (SSSR count). The molecule has 0 saturated heterocycles. The molecule has 26 heavy (non-hydrogen) atoms. The fraction of sp³-hybridized carbons (Fsp3) is 0.368. The van der Waals surface area contributed by atoms with Gasteiger partial charge in [0.05, 0.1) is 37.7 Å². The second-order valence-electron chi connectivity index (χ2n) is 6.16. The lowest BCUT2D eigenvalue weighted by Gasteiger charge is -2.22. The molecule has 6 nitrogen and oxygen atoms in total. The molecule has 1 aromatic carbocycles. The molecule has 2 heterocycles. The van der Waals surface area contributed by atoms with Crippen LogP contribution in [0.1, 0.15) is 38.1 Å². The first-order valence-electron chi connectivity index (χ1n) is 8.59. The normalized spacial score (nSPS) is 15.9. The van der Waals surface area contributed by atoms with E-state index in [1.807, 2.05) is 0 Å². The Kier molecular flexibility index (Phi) is 5.58. The van der Waals surface area contributed by atoms with Gasteiger partial charge in [-0.25, -0.2) is 4.79 Å². The molecule has 0 aliphatic carbocycles. The van der Waals surface area contributed by atoms with Gasteiger partial charge < -0.3 is 19.7 Å². The number of carbonyl (C=O) groups is 2. The Labute approximate surface area is 156 Å². The number of hydrogen-bond donors (Lipinski definition) is 2. The highest BCUT2D eigenvalue weighted by Gasteiger charge is 2.30. The third-order valence-corrected chi connectivity index (χ3v) is 5.85. The number of hydrogen-bond acceptors (Lipinski definition) is 5. The number of fused-ring (bicyclic) bond motifs is 1. The van der Waals surface area contributed by atoms with Gasteiger partial charge in [0.15, 0.2) is 0 Å². The van der Waals surface area contributed by atoms with Gasteiger partial charge in [0, 0.05) is 12.0 Å². The number of nitrogens with one attached hydrogen (secondary N) is 2. The summed E-state index contributed by atoms with van der Waals surface area (Å²) in [5.74, 6) is 0.0367. The first-order chi connectivity index (χ1) is 12.6. The largest absolute Gasteiger partial charge is 0.497 e. The van der Waals surface area contributed by atoms with Crippen LogP contribution in [0.4, 0.5) is 5.00 Å². The van der Waals surface area contributed by atoms with Crippen LogP contribution in [-0.4, -0.2) is 39.2 Å². The van der Waals surface area contributed by atoms with E-state index in [-0.39, 0.29) is 5.91 Å². The van der Waals surface area contributed by atoms with E-state index >= 15 is 0 Å². The number of benzene rings is 1. The summed E-state index contributed by atoms with van der Waals surface area (Å²) in [7, 11) is 2.95. The van der Waals surface area contributed by atoms with Crippen LogP contribution in [0.25, 0.3) is 0 Å². The van der Waals surface area contributed by atoms with Crippen molar-refractivity contribution in [3.05, 3.63) is 45.8 Å². The number of esters is 1. The van der Waals surface area contributed by atoms with Crippen LogP contribution in [0.2, 0.25) is 0 Å². The lowest BCUT2D eigenvalue weighted by Crippen LogP contribution is -3.11. The topological polar surface area (TPSA) is 69.1 Å². The zero-order chi connectivity index (χ0) is 18.7. The molecule has 0 bridgehead atoms. The molecule has 1 aromatic heterocycles. The molecule has 2 aromatic rings. The quantitative estimate of drug-likeness (QED) is 0.782. The minimum absolute atomic E-state index is 0.254. The number of thiophene rings is 1. The number of ether oxygens (including phenoxy) is 2. The Balaban J connectivity index is 1.89. The fourth-order valence-corrected chi connectivity index (χ4v) is 4.46. The second-order valence-corrected chi connectivity index (χ2v) is 7.27. The average molecular weight is 375 g/mol. The average Bonchev–Trinajstić information content (AvgIpc) is 3.04. The van der Waals surface area contributed by atoms with Gasteiger partial charge in [0.2, 0.25) is 0 Å². The van der Waals surface area contributed by atoms with Gasteiger partial charge in [-0.1, -0.05) is 0 Å². The van der Waals surface area contributed by atoms with Crippen molar-refractivity contribution in [2.75, 3.05) is 32.6 Å². The predicted octanol–water partition coefficient (Wildman–Crippen LogP) is 1.76. The van der Waals surface area contributed by atoms with E-state index in [4.69, 9.17) is 9.47 Å². The van der Waals surface area contributed by atoms with Crippen LogP contribution < -0.4 is 15.0 Å². The third kappa shape index (κ3) is 3.59. The molecular formula is C19H23N2O4S+. The first kappa shape index (κ1) is 18.4. The summed E-state index contributed by atoms with van der Waals surface area (Å²) < 4.78 is 10.1. The van der Waals surface area contributed by atoms with Crippen molar-refractivity contribution < 1.29 is 24.0 Å². The maximum atomic E-state index is 12.6. The maximum Gasteiger partial charge on any atom is 0.341 e. The Morgan fingerprint density at radius 2 is 1.96 bits per heavy atom. The smallest absolute Gasteiger partial charge is 0.341 e. The van der Waals surface area contributed by atoms with Crippen molar-refractivity contribution >= 4 is 28.2 Å². The summed E-state index contributed by atoms with van der Waals surface area (Å²) in [5.41, 5.74) is 2.03. The summed E-state index contributed by atoms with van der Waals surface area (Å²) in [6, 6.07) is 6.86. The third-order valence-electron chi connectivity index (χ3n) is 4.70. The van der Waals surface area contributed by atoms with Crippen LogP contribution in [0, 0.1) is 0 Å². The Bertz CT molecular complexity index is 814. The lowest BCUT2D eigenvalue weighted by molar-refractivity contribution is -0.913. The zero-order valence-electron chi connectivity index (χ0n) is 15.2. The van der Waals surface area contributed by atoms with E-state index in [0.717, 1.165) is 36.5 Å². The molecule has 138 valence electrons. The Morgan fingerprint density at radius 1 is 1.23 bits per heavy atom. The highest BCUT2D eigenvalue weighted by Crippen LogP contribution is 2.35. The van der Waals surface area contributed by atoms with Gasteiger partial charge in [-0.15, -0.1) is 11.3 Å². The monoisotopic (exact) mass is 375 g/mol. The summed E-state index contributed by atoms with van der Waals surface area (Å²) in [6.07, 6.45) is 0.817. The molecule has 0 spiro atoms. The highest BCUT2D eigenvalue weighted by molar-refractivity contribution is 7.17. The van der Waals surface area contributed by atoms with E-state index < -0.39 is 5.97 Å². The molecule has 1 atom stereocenters. The van der Waals surface area contributed by atoms with Gasteiger partial charge in [-0.3, -0.25) is 4.79 Å². The van der Waals surface area contributed by atoms with E-state index in [9.17, 15) is 9.59 Å². The highest BCUT2D eigenvalue weighted by atomic mass is 32.1. The van der Waals surface area contributed by atoms with Gasteiger partial charge >= 0.3 is 5.97 Å². The van der Waals surface area contributed by atoms with Gasteiger partial charge in [0.1, 0.15) is 17.3 Å². The Hall–Kier alpha value is -2.38. The van der Waals surface area contributed by atoms with Crippen molar-refractivity contribution in [1.82, 2.24) is 0 Å². The van der Waals surface area contributed by atoms with Gasteiger partial charge in [-0.2, -0.15) is 0 Å². The fourth-order valence-electron chi connectivity index (χ4n) is 3.16. The van der Waals surface area contributed by atoms with E-state index in [2.05, 4.69) is 12.2 Å². The molecule has 0 radical (unpaired) electrons. The number of rotatable bonds is 5. The van der Waals surface area contributed by atoms with Gasteiger partial charge in [0.25, 0.3) is 5.91 Å². The predicted molar refractivity (Wildman–Crippen MR) is 100 cm³/mol. The summed E-state index contributed by atoms with van der Waals surface area (Å²) in [5, 5.41) is 3.47. The van der Waals surface area contributed by atoms with Crippen LogP contribution in [-0.2, 0) is 17.7 Å². The molecule has 1 unspecified atom stereocenters. The second kappa shape index (κ2) is 7.88. The number of carbonyl (C=O) groups excluding carboxylic acids is 2. The molecule has 1 aliphatic heterocycles. The number of quaternary nitrogens is 1. The van der Waals surface area contributed by atoms with Crippen molar-refractivity contribution in [1.29, 1.82) is 0 Å². The molecule has 7 heteroatoms. The van der Waals surface area contributed by atoms with Crippen molar-refractivity contribution in [3.8, 4) is 5.75 Å². The van der Waals surface area contributed by atoms with Crippen molar-refractivity contribution in [2.45, 2.75) is 19.9 Å². The molecule has 1 amide bonds. The molecule has 0 fully saturated rings. The van der Waals surface area contributed by atoms with Crippen molar-refractivity contribution in [2.24, 2.45) is 0 Å². The minimum atomic E-state index is -0.396. The maximum absolute atomic E-state index is 12.6. The van der Waals surface area contributed by atoms with Gasteiger partial charge in [-0.05, 0) is 36.8 Å². The van der Waals surface area contributed by atoms with E-state index in [0.29, 0.717) is 21.9 Å². The van der Waals surface area contributed by atoms with Crippen LogP contribution in [0.15, 0.2) is 24.3 Å². The number of amides is 1. The lowest BCUT2D eigenvalue weighted by atomic mass is 10.0. The summed E-state index contributed by atoms with van der Waals surface area (Å²) in [6.45, 7) is 5.05. The first-order valence-corrected chi connectivity index (χ1v) is 9.40. The number of likely N-dealkylation sites (N-methyl/N-ethyl adjacent to an activating group) is 1. The van der Waals surface area contributed by atoms with Crippen LogP contribution in [0.5, 0.6) is 5.75 Å². The SMILES string of the molecule is CC[NH+]1CCc2c(sc(NC(=O)c3ccc(OC)cc3)c2C(=O)OC)C1. The van der Waals surface area contributed by atoms with E-state index in [1.54, 1.807) is 31.4 Å². The zero-order valence-corrected chi connectivity index (χ0v) is 16.0. The van der Waals surface area contributed by atoms with Crippen LogP contribution in [0.3, 0.4) is 0 Å². The van der Waals surface area contributed by atoms with E-state index in [1.165, 1.54) is 23.3 Å². The minimum Gasteiger partial charge on any atom is -0.497 e. The molecular weight excluding hydrogens is 352 g/mol. The summed E-state index contributed by atoms with van der Waals surface area (Å²) in [4.78, 5) is 27.6. The number of methoxy groups -OCH3 is 2. The summed E-state index contributed by atoms with van der Waals surface area (Å²) >= 11 is 1.48.